The molecule has 0 aromatic heterocycles. The lowest BCUT2D eigenvalue weighted by molar-refractivity contribution is -0.144. The van der Waals surface area contributed by atoms with E-state index in [1.54, 1.807) is 41.0 Å². The van der Waals surface area contributed by atoms with Crippen molar-refractivity contribution < 1.29 is 23.5 Å². The number of benzene rings is 2. The molecule has 2 aliphatic heterocycles. The lowest BCUT2D eigenvalue weighted by atomic mass is 9.62. The lowest BCUT2D eigenvalue weighted by Gasteiger charge is -2.59. The zero-order chi connectivity index (χ0) is 23.8. The average Bonchev–Trinajstić information content (AvgIpc) is 2.82. The van der Waals surface area contributed by atoms with Gasteiger partial charge in [-0.2, -0.15) is 0 Å². The molecule has 2 heterocycles. The maximum absolute atomic E-state index is 13.9. The number of esters is 1. The number of hydrogen-bond donors (Lipinski definition) is 1. The number of rotatable bonds is 4. The normalized spacial score (nSPS) is 20.2. The molecule has 0 radical (unpaired) electrons. The van der Waals surface area contributed by atoms with E-state index in [-0.39, 0.29) is 18.0 Å². The molecule has 2 aliphatic rings. The molecule has 1 N–H and O–H groups in total. The number of halogens is 2. The van der Waals surface area contributed by atoms with Crippen molar-refractivity contribution in [2.24, 2.45) is 5.41 Å². The molecule has 2 aromatic rings. The van der Waals surface area contributed by atoms with Gasteiger partial charge in [-0.3, -0.25) is 4.79 Å². The van der Waals surface area contributed by atoms with Crippen LogP contribution in [0, 0.1) is 11.2 Å². The van der Waals surface area contributed by atoms with Crippen LogP contribution in [0.15, 0.2) is 48.5 Å². The molecular formula is C24H25ClFN3O4. The molecule has 0 aliphatic carbocycles. The molecular weight excluding hydrogens is 449 g/mol. The maximum atomic E-state index is 13.9. The summed E-state index contributed by atoms with van der Waals surface area (Å²) in [5.41, 5.74) is 0.698. The van der Waals surface area contributed by atoms with Crippen LogP contribution in [0.2, 0.25) is 5.02 Å². The monoisotopic (exact) mass is 473 g/mol. The number of urea groups is 1. The van der Waals surface area contributed by atoms with Gasteiger partial charge in [0.2, 0.25) is 5.91 Å². The van der Waals surface area contributed by atoms with Crippen molar-refractivity contribution in [1.82, 2.24) is 10.2 Å². The molecule has 4 rings (SSSR count). The van der Waals surface area contributed by atoms with Crippen molar-refractivity contribution in [2.45, 2.75) is 31.8 Å². The van der Waals surface area contributed by atoms with Crippen molar-refractivity contribution in [3.05, 3.63) is 64.9 Å². The molecule has 2 fully saturated rings. The first-order valence-corrected chi connectivity index (χ1v) is 11.1. The number of hydrogen-bond acceptors (Lipinski definition) is 4. The fraction of sp³-hybridized carbons (Fsp3) is 0.375. The van der Waals surface area contributed by atoms with E-state index in [9.17, 15) is 18.8 Å². The molecule has 0 saturated carbocycles. The van der Waals surface area contributed by atoms with Gasteiger partial charge in [0.25, 0.3) is 0 Å². The third-order valence-electron chi connectivity index (χ3n) is 6.54. The maximum Gasteiger partial charge on any atom is 0.328 e. The number of ether oxygens (including phenoxy) is 1. The van der Waals surface area contributed by atoms with E-state index < -0.39 is 23.2 Å². The lowest BCUT2D eigenvalue weighted by Crippen LogP contribution is -2.67. The van der Waals surface area contributed by atoms with Gasteiger partial charge in [0.15, 0.2) is 0 Å². The summed E-state index contributed by atoms with van der Waals surface area (Å²) in [6, 6.07) is 11.8. The van der Waals surface area contributed by atoms with E-state index in [1.807, 2.05) is 12.1 Å². The molecule has 1 unspecified atom stereocenters. The predicted octanol–water partition coefficient (Wildman–Crippen LogP) is 3.92. The topological polar surface area (TPSA) is 79.0 Å². The van der Waals surface area contributed by atoms with E-state index >= 15 is 0 Å². The van der Waals surface area contributed by atoms with Crippen LogP contribution < -0.4 is 10.2 Å². The van der Waals surface area contributed by atoms with Crippen molar-refractivity contribution in [3.8, 4) is 0 Å². The van der Waals surface area contributed by atoms with Crippen LogP contribution in [-0.2, 0) is 14.3 Å². The first kappa shape index (κ1) is 23.0. The number of nitrogens with zero attached hydrogens (tertiary/aromatic N) is 2. The highest BCUT2D eigenvalue weighted by Gasteiger charge is 2.62. The number of anilines is 1. The van der Waals surface area contributed by atoms with Crippen molar-refractivity contribution >= 4 is 35.2 Å². The molecule has 3 amide bonds. The van der Waals surface area contributed by atoms with Crippen molar-refractivity contribution in [1.29, 1.82) is 0 Å². The molecule has 33 heavy (non-hydrogen) atoms. The quantitative estimate of drug-likeness (QED) is 0.539. The van der Waals surface area contributed by atoms with Gasteiger partial charge in [0.05, 0.1) is 18.6 Å². The Morgan fingerprint density at radius 3 is 2.45 bits per heavy atom. The molecule has 2 aromatic carbocycles. The summed E-state index contributed by atoms with van der Waals surface area (Å²) in [7, 11) is 1.26. The zero-order valence-corrected chi connectivity index (χ0v) is 19.1. The number of piperidine rings is 1. The number of carbonyl (C=O) groups excluding carboxylic acids is 3. The summed E-state index contributed by atoms with van der Waals surface area (Å²) >= 11 is 6.07. The second-order valence-electron chi connectivity index (χ2n) is 8.45. The number of carbonyl (C=O) groups is 3. The summed E-state index contributed by atoms with van der Waals surface area (Å²) < 4.78 is 18.6. The van der Waals surface area contributed by atoms with Gasteiger partial charge in [-0.25, -0.2) is 14.0 Å². The van der Waals surface area contributed by atoms with Gasteiger partial charge < -0.3 is 19.9 Å². The Hall–Kier alpha value is -3.13. The highest BCUT2D eigenvalue weighted by Crippen LogP contribution is 2.57. The summed E-state index contributed by atoms with van der Waals surface area (Å²) in [5.74, 6) is -1.03. The van der Waals surface area contributed by atoms with Crippen molar-refractivity contribution in [2.75, 3.05) is 25.1 Å². The number of likely N-dealkylation sites (tertiary alicyclic amines) is 1. The van der Waals surface area contributed by atoms with Gasteiger partial charge in [0, 0.05) is 23.8 Å². The minimum Gasteiger partial charge on any atom is -0.467 e. The van der Waals surface area contributed by atoms with E-state index in [4.69, 9.17) is 11.6 Å². The first-order valence-electron chi connectivity index (χ1n) is 10.7. The van der Waals surface area contributed by atoms with Crippen LogP contribution in [0.5, 0.6) is 0 Å². The third-order valence-corrected chi connectivity index (χ3v) is 6.79. The van der Waals surface area contributed by atoms with Crippen molar-refractivity contribution in [3.63, 3.8) is 0 Å². The largest absolute Gasteiger partial charge is 0.467 e. The minimum atomic E-state index is -0.769. The standard InChI is InChI=1S/C24H25ClFN3O4/c1-15(21(30)33-2)27-23(32)28-12-10-24(11-13-28)20(16-6-8-17(25)9-7-16)29(22(24)31)19-5-3-4-18(26)14-19/h3-9,14-15,20H,10-13H2,1-2H3,(H,27,32)/t15-,20?/m0/s1. The van der Waals surface area contributed by atoms with Crippen LogP contribution in [0.1, 0.15) is 31.4 Å². The van der Waals surface area contributed by atoms with Crippen LogP contribution in [-0.4, -0.2) is 49.0 Å². The van der Waals surface area contributed by atoms with Gasteiger partial charge >= 0.3 is 12.0 Å². The van der Waals surface area contributed by atoms with E-state index in [2.05, 4.69) is 10.1 Å². The van der Waals surface area contributed by atoms with E-state index in [0.717, 1.165) is 5.56 Å². The Bertz CT molecular complexity index is 1070. The number of β-lactam (4-membered cyclic amide) rings is 1. The first-order chi connectivity index (χ1) is 15.8. The Kier molecular flexibility index (Phi) is 6.30. The molecule has 2 atom stereocenters. The predicted molar refractivity (Wildman–Crippen MR) is 121 cm³/mol. The van der Waals surface area contributed by atoms with Gasteiger partial charge in [-0.1, -0.05) is 29.8 Å². The fourth-order valence-electron chi connectivity index (χ4n) is 4.77. The van der Waals surface area contributed by atoms with Gasteiger partial charge in [-0.15, -0.1) is 0 Å². The van der Waals surface area contributed by atoms with Gasteiger partial charge in [-0.05, 0) is 55.7 Å². The molecule has 7 nitrogen and oxygen atoms in total. The summed E-state index contributed by atoms with van der Waals surface area (Å²) in [5, 5.41) is 3.21. The van der Waals surface area contributed by atoms with E-state index in [1.165, 1.54) is 19.2 Å². The second-order valence-corrected chi connectivity index (χ2v) is 8.88. The highest BCUT2D eigenvalue weighted by atomic mass is 35.5. The Morgan fingerprint density at radius 1 is 1.18 bits per heavy atom. The second kappa shape index (κ2) is 9.02. The molecule has 1 spiro atoms. The van der Waals surface area contributed by atoms with Crippen LogP contribution in [0.3, 0.4) is 0 Å². The Labute approximate surface area is 196 Å². The minimum absolute atomic E-state index is 0.0870. The van der Waals surface area contributed by atoms with E-state index in [0.29, 0.717) is 36.6 Å². The SMILES string of the molecule is COC(=O)[C@H](C)NC(=O)N1CCC2(CC1)C(=O)N(c1cccc(F)c1)C2c1ccc(Cl)cc1. The molecule has 0 bridgehead atoms. The highest BCUT2D eigenvalue weighted by molar-refractivity contribution is 6.30. The molecule has 9 heteroatoms. The van der Waals surface area contributed by atoms with Crippen LogP contribution >= 0.6 is 11.6 Å². The summed E-state index contributed by atoms with van der Waals surface area (Å²) in [6.07, 6.45) is 0.899. The van der Waals surface area contributed by atoms with Gasteiger partial charge in [0.1, 0.15) is 11.9 Å². The molecule has 2 saturated heterocycles. The zero-order valence-electron chi connectivity index (χ0n) is 18.4. The van der Waals surface area contributed by atoms with Crippen LogP contribution in [0.4, 0.5) is 14.9 Å². The summed E-state index contributed by atoms with van der Waals surface area (Å²) in [6.45, 7) is 2.26. The summed E-state index contributed by atoms with van der Waals surface area (Å²) in [4.78, 5) is 40.9. The number of methoxy groups -OCH3 is 1. The Balaban J connectivity index is 1.56. The van der Waals surface area contributed by atoms with Crippen LogP contribution in [0.25, 0.3) is 0 Å². The fourth-order valence-corrected chi connectivity index (χ4v) is 4.89. The Morgan fingerprint density at radius 2 is 1.85 bits per heavy atom. The number of amides is 3. The number of nitrogens with one attached hydrogen (secondary N) is 1. The third kappa shape index (κ3) is 4.15. The average molecular weight is 474 g/mol. The molecule has 174 valence electrons. The smallest absolute Gasteiger partial charge is 0.328 e.